The molecule has 0 radical (unpaired) electrons. The van der Waals surface area contributed by atoms with E-state index in [4.69, 9.17) is 0 Å². The number of rotatable bonds is 1. The number of nitro groups is 1. The van der Waals surface area contributed by atoms with Gasteiger partial charge in [-0.2, -0.15) is 0 Å². The number of H-pyrrole nitrogens is 1. The molecule has 12 heavy (non-hydrogen) atoms. The van der Waals surface area contributed by atoms with Crippen LogP contribution in [0.2, 0.25) is 0 Å². The van der Waals surface area contributed by atoms with Crippen LogP contribution in [-0.4, -0.2) is 19.9 Å². The van der Waals surface area contributed by atoms with Crippen molar-refractivity contribution in [2.24, 2.45) is 0 Å². The van der Waals surface area contributed by atoms with Gasteiger partial charge in [-0.25, -0.2) is 4.98 Å². The second-order valence-corrected chi connectivity index (χ2v) is 2.21. The molecule has 0 saturated heterocycles. The summed E-state index contributed by atoms with van der Waals surface area (Å²) in [5.41, 5.74) is 0.841. The molecule has 0 aromatic carbocycles. The van der Waals surface area contributed by atoms with Crippen molar-refractivity contribution in [2.45, 2.75) is 0 Å². The minimum atomic E-state index is -0.504. The first-order valence-corrected chi connectivity index (χ1v) is 3.20. The fourth-order valence-corrected chi connectivity index (χ4v) is 0.984. The Kier molecular flexibility index (Phi) is 1.26. The fraction of sp³-hybridized carbons (Fsp3) is 0. The van der Waals surface area contributed by atoms with Crippen LogP contribution in [0.1, 0.15) is 0 Å². The quantitative estimate of drug-likeness (QED) is 0.500. The van der Waals surface area contributed by atoms with E-state index in [0.29, 0.717) is 11.0 Å². The monoisotopic (exact) mass is 164 g/mol. The SMILES string of the molecule is O=[N+]([O-])c1cncc2[nH]cnc12. The Morgan fingerprint density at radius 3 is 3.08 bits per heavy atom. The predicted octanol–water partition coefficient (Wildman–Crippen LogP) is 0.866. The summed E-state index contributed by atoms with van der Waals surface area (Å²) in [5.74, 6) is 0. The van der Waals surface area contributed by atoms with E-state index in [0.717, 1.165) is 0 Å². The summed E-state index contributed by atoms with van der Waals surface area (Å²) in [6.45, 7) is 0. The maximum Gasteiger partial charge on any atom is 0.315 e. The normalized spacial score (nSPS) is 10.3. The number of nitrogens with one attached hydrogen (secondary N) is 1. The number of fused-ring (bicyclic) bond motifs is 1. The van der Waals surface area contributed by atoms with Crippen LogP contribution in [-0.2, 0) is 0 Å². The van der Waals surface area contributed by atoms with Crippen LogP contribution in [0.4, 0.5) is 5.69 Å². The highest BCUT2D eigenvalue weighted by Crippen LogP contribution is 2.19. The minimum Gasteiger partial charge on any atom is -0.343 e. The van der Waals surface area contributed by atoms with Gasteiger partial charge in [-0.05, 0) is 0 Å². The molecule has 60 valence electrons. The number of hydrogen-bond acceptors (Lipinski definition) is 4. The Labute approximate surface area is 66.4 Å². The molecule has 0 spiro atoms. The second-order valence-electron chi connectivity index (χ2n) is 2.21. The third-order valence-corrected chi connectivity index (χ3v) is 1.51. The van der Waals surface area contributed by atoms with E-state index in [1.165, 1.54) is 18.7 Å². The topological polar surface area (TPSA) is 84.7 Å². The van der Waals surface area contributed by atoms with Crippen molar-refractivity contribution in [3.8, 4) is 0 Å². The molecule has 2 rings (SSSR count). The highest BCUT2D eigenvalue weighted by molar-refractivity contribution is 5.82. The molecule has 0 aliphatic rings. The molecule has 1 N–H and O–H groups in total. The zero-order valence-corrected chi connectivity index (χ0v) is 5.89. The zero-order chi connectivity index (χ0) is 8.55. The number of aromatic nitrogens is 3. The van der Waals surface area contributed by atoms with E-state index in [-0.39, 0.29) is 5.69 Å². The van der Waals surface area contributed by atoms with E-state index < -0.39 is 4.92 Å². The Morgan fingerprint density at radius 1 is 1.50 bits per heavy atom. The highest BCUT2D eigenvalue weighted by Gasteiger charge is 2.13. The third-order valence-electron chi connectivity index (χ3n) is 1.51. The van der Waals surface area contributed by atoms with E-state index in [1.807, 2.05) is 0 Å². The molecule has 0 aliphatic heterocycles. The van der Waals surface area contributed by atoms with Crippen molar-refractivity contribution in [2.75, 3.05) is 0 Å². The van der Waals surface area contributed by atoms with Gasteiger partial charge < -0.3 is 4.98 Å². The lowest BCUT2D eigenvalue weighted by atomic mass is 10.4. The molecule has 0 unspecified atom stereocenters. The highest BCUT2D eigenvalue weighted by atomic mass is 16.6. The molecule has 2 heterocycles. The fourth-order valence-electron chi connectivity index (χ4n) is 0.984. The first-order chi connectivity index (χ1) is 5.79. The molecule has 0 bridgehead atoms. The molecule has 6 nitrogen and oxygen atoms in total. The molecule has 0 atom stereocenters. The van der Waals surface area contributed by atoms with Gasteiger partial charge >= 0.3 is 5.69 Å². The summed E-state index contributed by atoms with van der Waals surface area (Å²) in [6, 6.07) is 0. The van der Waals surface area contributed by atoms with Crippen LogP contribution >= 0.6 is 0 Å². The van der Waals surface area contributed by atoms with Gasteiger partial charge in [0.1, 0.15) is 6.20 Å². The van der Waals surface area contributed by atoms with Gasteiger partial charge in [0.25, 0.3) is 0 Å². The number of hydrogen-bond donors (Lipinski definition) is 1. The lowest BCUT2D eigenvalue weighted by Gasteiger charge is -1.89. The minimum absolute atomic E-state index is 0.0752. The molecule has 0 fully saturated rings. The molecule has 6 heteroatoms. The van der Waals surface area contributed by atoms with Crippen LogP contribution in [0.25, 0.3) is 11.0 Å². The predicted molar refractivity (Wildman–Crippen MR) is 40.5 cm³/mol. The number of imidazole rings is 1. The van der Waals surface area contributed by atoms with Crippen LogP contribution < -0.4 is 0 Å². The smallest absolute Gasteiger partial charge is 0.315 e. The van der Waals surface area contributed by atoms with Crippen molar-refractivity contribution in [3.05, 3.63) is 28.8 Å². The molecular weight excluding hydrogens is 160 g/mol. The van der Waals surface area contributed by atoms with Crippen LogP contribution in [0.5, 0.6) is 0 Å². The van der Waals surface area contributed by atoms with Crippen LogP contribution in [0.3, 0.4) is 0 Å². The number of aromatic amines is 1. The van der Waals surface area contributed by atoms with Crippen molar-refractivity contribution in [1.82, 2.24) is 15.0 Å². The Hall–Kier alpha value is -1.98. The summed E-state index contributed by atoms with van der Waals surface area (Å²) in [6.07, 6.45) is 4.08. The third kappa shape index (κ3) is 0.815. The van der Waals surface area contributed by atoms with Gasteiger partial charge in [-0.3, -0.25) is 15.1 Å². The van der Waals surface area contributed by atoms with Crippen molar-refractivity contribution >= 4 is 16.7 Å². The van der Waals surface area contributed by atoms with E-state index >= 15 is 0 Å². The van der Waals surface area contributed by atoms with Gasteiger partial charge in [-0.15, -0.1) is 0 Å². The maximum atomic E-state index is 10.4. The number of nitrogens with zero attached hydrogens (tertiary/aromatic N) is 3. The average molecular weight is 164 g/mol. The molecule has 2 aromatic rings. The largest absolute Gasteiger partial charge is 0.343 e. The molecule has 2 aromatic heterocycles. The van der Waals surface area contributed by atoms with Gasteiger partial charge in [0.15, 0.2) is 5.52 Å². The lowest BCUT2D eigenvalue weighted by molar-refractivity contribution is -0.383. The standard InChI is InChI=1S/C6H4N4O2/c11-10(12)5-2-7-1-4-6(5)9-3-8-4/h1-3H,(H,8,9). The van der Waals surface area contributed by atoms with Crippen molar-refractivity contribution in [3.63, 3.8) is 0 Å². The summed E-state index contributed by atoms with van der Waals surface area (Å²) in [4.78, 5) is 20.2. The van der Waals surface area contributed by atoms with E-state index in [9.17, 15) is 10.1 Å². The lowest BCUT2D eigenvalue weighted by Crippen LogP contribution is -1.90. The summed E-state index contributed by atoms with van der Waals surface area (Å²) in [7, 11) is 0. The second kappa shape index (κ2) is 2.26. The maximum absolute atomic E-state index is 10.4. The zero-order valence-electron chi connectivity index (χ0n) is 5.89. The average Bonchev–Trinajstić information content (AvgIpc) is 2.49. The Balaban J connectivity index is 2.82. The Morgan fingerprint density at radius 2 is 2.33 bits per heavy atom. The summed E-state index contributed by atoms with van der Waals surface area (Å²) < 4.78 is 0. The summed E-state index contributed by atoms with van der Waals surface area (Å²) in [5, 5.41) is 10.4. The van der Waals surface area contributed by atoms with Crippen LogP contribution in [0, 0.1) is 10.1 Å². The van der Waals surface area contributed by atoms with Crippen LogP contribution in [0.15, 0.2) is 18.7 Å². The first-order valence-electron chi connectivity index (χ1n) is 3.20. The van der Waals surface area contributed by atoms with Gasteiger partial charge in [-0.1, -0.05) is 0 Å². The van der Waals surface area contributed by atoms with E-state index in [1.54, 1.807) is 0 Å². The van der Waals surface area contributed by atoms with Crippen molar-refractivity contribution < 1.29 is 4.92 Å². The number of pyridine rings is 1. The van der Waals surface area contributed by atoms with Gasteiger partial charge in [0.05, 0.1) is 23.0 Å². The van der Waals surface area contributed by atoms with Gasteiger partial charge in [0, 0.05) is 0 Å². The molecule has 0 aliphatic carbocycles. The van der Waals surface area contributed by atoms with E-state index in [2.05, 4.69) is 15.0 Å². The first kappa shape index (κ1) is 6.71. The Bertz CT molecular complexity index is 436. The molecule has 0 saturated carbocycles. The van der Waals surface area contributed by atoms with Crippen molar-refractivity contribution in [1.29, 1.82) is 0 Å². The molecular formula is C6H4N4O2. The summed E-state index contributed by atoms with van der Waals surface area (Å²) >= 11 is 0. The molecule has 0 amide bonds. The van der Waals surface area contributed by atoms with Gasteiger partial charge in [0.2, 0.25) is 0 Å².